The van der Waals surface area contributed by atoms with E-state index in [0.717, 1.165) is 12.7 Å². The second-order valence-electron chi connectivity index (χ2n) is 7.86. The van der Waals surface area contributed by atoms with Crippen LogP contribution in [-0.4, -0.2) is 50.3 Å². The van der Waals surface area contributed by atoms with E-state index in [9.17, 15) is 18.0 Å². The van der Waals surface area contributed by atoms with Gasteiger partial charge in [0.15, 0.2) is 0 Å². The van der Waals surface area contributed by atoms with Crippen LogP contribution in [0.5, 0.6) is 0 Å². The molecule has 1 aliphatic heterocycles. The zero-order valence-corrected chi connectivity index (χ0v) is 17.7. The van der Waals surface area contributed by atoms with Gasteiger partial charge in [0.1, 0.15) is 6.61 Å². The van der Waals surface area contributed by atoms with Gasteiger partial charge in [0, 0.05) is 5.92 Å². The van der Waals surface area contributed by atoms with Gasteiger partial charge in [0.2, 0.25) is 5.91 Å². The van der Waals surface area contributed by atoms with Gasteiger partial charge in [-0.2, -0.15) is 8.42 Å². The van der Waals surface area contributed by atoms with Crippen molar-refractivity contribution >= 4 is 22.1 Å². The fourth-order valence-electron chi connectivity index (χ4n) is 3.39. The number of imide groups is 1. The third kappa shape index (κ3) is 5.94. The van der Waals surface area contributed by atoms with E-state index in [-0.39, 0.29) is 36.3 Å². The van der Waals surface area contributed by atoms with Crippen LogP contribution in [0.3, 0.4) is 0 Å². The highest BCUT2D eigenvalue weighted by Gasteiger charge is 2.41. The van der Waals surface area contributed by atoms with Crippen molar-refractivity contribution in [2.45, 2.75) is 66.5 Å². The van der Waals surface area contributed by atoms with E-state index in [1.807, 2.05) is 34.6 Å². The number of hydrogen-bond acceptors (Lipinski definition) is 6. The summed E-state index contributed by atoms with van der Waals surface area (Å²) in [4.78, 5) is 26.0. The standard InChI is InChI=1S/C18H33NO6S/c1-8-12(4)16(25-26(7,22)23)13(5)9-14(6)17(20)19-15(11(2)3)10-24-18(19)21/h11-16H,8-10H2,1-7H3/t12?,13?,14?,15-,16?/m0/s1. The summed E-state index contributed by atoms with van der Waals surface area (Å²) in [5.41, 5.74) is 0. The molecule has 4 unspecified atom stereocenters. The Labute approximate surface area is 157 Å². The molecule has 152 valence electrons. The van der Waals surface area contributed by atoms with Crippen LogP contribution < -0.4 is 0 Å². The molecule has 0 spiro atoms. The molecule has 8 heteroatoms. The van der Waals surface area contributed by atoms with Gasteiger partial charge in [-0.15, -0.1) is 0 Å². The lowest BCUT2D eigenvalue weighted by Crippen LogP contribution is -2.45. The van der Waals surface area contributed by atoms with Crippen LogP contribution in [0.25, 0.3) is 0 Å². The lowest BCUT2D eigenvalue weighted by molar-refractivity contribution is -0.134. The average Bonchev–Trinajstić information content (AvgIpc) is 2.91. The maximum absolute atomic E-state index is 12.8. The molecule has 0 aromatic rings. The fraction of sp³-hybridized carbons (Fsp3) is 0.889. The van der Waals surface area contributed by atoms with Crippen LogP contribution in [0.1, 0.15) is 54.4 Å². The molecule has 0 aromatic heterocycles. The Bertz CT molecular complexity index is 603. The lowest BCUT2D eigenvalue weighted by atomic mass is 9.85. The van der Waals surface area contributed by atoms with E-state index in [1.54, 1.807) is 6.92 Å². The van der Waals surface area contributed by atoms with Gasteiger partial charge in [-0.25, -0.2) is 9.69 Å². The minimum absolute atomic E-state index is 0.0298. The van der Waals surface area contributed by atoms with Gasteiger partial charge < -0.3 is 4.74 Å². The van der Waals surface area contributed by atoms with E-state index < -0.39 is 28.2 Å². The van der Waals surface area contributed by atoms with E-state index >= 15 is 0 Å². The molecule has 0 aliphatic carbocycles. The number of nitrogens with zero attached hydrogens (tertiary/aromatic N) is 1. The third-order valence-electron chi connectivity index (χ3n) is 5.11. The van der Waals surface area contributed by atoms with Gasteiger partial charge in [0.05, 0.1) is 18.4 Å². The number of amides is 2. The van der Waals surface area contributed by atoms with Crippen molar-refractivity contribution in [3.05, 3.63) is 0 Å². The van der Waals surface area contributed by atoms with Crippen LogP contribution in [0.15, 0.2) is 0 Å². The van der Waals surface area contributed by atoms with Crippen molar-refractivity contribution in [3.8, 4) is 0 Å². The van der Waals surface area contributed by atoms with Gasteiger partial charge in [-0.1, -0.05) is 48.0 Å². The predicted molar refractivity (Wildman–Crippen MR) is 98.9 cm³/mol. The molecule has 0 radical (unpaired) electrons. The highest BCUT2D eigenvalue weighted by Crippen LogP contribution is 2.29. The summed E-state index contributed by atoms with van der Waals surface area (Å²) in [5.74, 6) is -0.736. The lowest BCUT2D eigenvalue weighted by Gasteiger charge is -2.31. The monoisotopic (exact) mass is 391 g/mol. The Morgan fingerprint density at radius 3 is 2.27 bits per heavy atom. The maximum Gasteiger partial charge on any atom is 0.416 e. The molecule has 0 aromatic carbocycles. The highest BCUT2D eigenvalue weighted by atomic mass is 32.2. The van der Waals surface area contributed by atoms with Crippen LogP contribution >= 0.6 is 0 Å². The van der Waals surface area contributed by atoms with Crippen molar-refractivity contribution in [1.82, 2.24) is 4.90 Å². The summed E-state index contributed by atoms with van der Waals surface area (Å²) in [5, 5.41) is 0. The Kier molecular flexibility index (Phi) is 8.07. The minimum atomic E-state index is -3.59. The normalized spacial score (nSPS) is 22.8. The number of ether oxygens (including phenoxy) is 1. The summed E-state index contributed by atoms with van der Waals surface area (Å²) in [6.45, 7) is 11.7. The van der Waals surface area contributed by atoms with Gasteiger partial charge in [0.25, 0.3) is 10.1 Å². The molecule has 26 heavy (non-hydrogen) atoms. The maximum atomic E-state index is 12.8. The van der Waals surface area contributed by atoms with Crippen LogP contribution in [-0.2, 0) is 23.8 Å². The fourth-order valence-corrected chi connectivity index (χ4v) is 4.18. The van der Waals surface area contributed by atoms with E-state index in [4.69, 9.17) is 8.92 Å². The first kappa shape index (κ1) is 22.9. The average molecular weight is 392 g/mol. The van der Waals surface area contributed by atoms with Crippen LogP contribution in [0, 0.1) is 23.7 Å². The molecule has 1 aliphatic rings. The Morgan fingerprint density at radius 1 is 1.23 bits per heavy atom. The SMILES string of the molecule is CCC(C)C(OS(C)(=O)=O)C(C)CC(C)C(=O)N1C(=O)OC[C@H]1C(C)C. The second kappa shape index (κ2) is 9.17. The summed E-state index contributed by atoms with van der Waals surface area (Å²) in [7, 11) is -3.59. The van der Waals surface area contributed by atoms with E-state index in [0.29, 0.717) is 6.42 Å². The number of carbonyl (C=O) groups excluding carboxylic acids is 2. The summed E-state index contributed by atoms with van der Waals surface area (Å²) < 4.78 is 33.5. The van der Waals surface area contributed by atoms with E-state index in [2.05, 4.69) is 0 Å². The third-order valence-corrected chi connectivity index (χ3v) is 5.68. The first-order chi connectivity index (χ1) is 11.9. The second-order valence-corrected chi connectivity index (χ2v) is 9.46. The van der Waals surface area contributed by atoms with Gasteiger partial charge >= 0.3 is 6.09 Å². The molecule has 5 atom stereocenters. The summed E-state index contributed by atoms with van der Waals surface area (Å²) >= 11 is 0. The van der Waals surface area contributed by atoms with Gasteiger partial charge in [-0.05, 0) is 24.2 Å². The molecule has 0 saturated carbocycles. The molecule has 0 bridgehead atoms. The molecule has 1 rings (SSSR count). The first-order valence-electron chi connectivity index (χ1n) is 9.27. The largest absolute Gasteiger partial charge is 0.447 e. The molecule has 1 fully saturated rings. The topological polar surface area (TPSA) is 90.0 Å². The van der Waals surface area contributed by atoms with Crippen LogP contribution in [0.4, 0.5) is 4.79 Å². The minimum Gasteiger partial charge on any atom is -0.447 e. The molecule has 1 heterocycles. The van der Waals surface area contributed by atoms with Crippen molar-refractivity contribution < 1.29 is 26.9 Å². The zero-order chi connectivity index (χ0) is 20.2. The molecule has 1 saturated heterocycles. The summed E-state index contributed by atoms with van der Waals surface area (Å²) in [6, 6.07) is -0.259. The first-order valence-corrected chi connectivity index (χ1v) is 11.1. The zero-order valence-electron chi connectivity index (χ0n) is 16.9. The number of hydrogen-bond donors (Lipinski definition) is 0. The van der Waals surface area contributed by atoms with Gasteiger partial charge in [-0.3, -0.25) is 8.98 Å². The number of cyclic esters (lactones) is 1. The quantitative estimate of drug-likeness (QED) is 0.561. The highest BCUT2D eigenvalue weighted by molar-refractivity contribution is 7.86. The number of carbonyl (C=O) groups is 2. The Hall–Kier alpha value is -1.15. The van der Waals surface area contributed by atoms with Crippen molar-refractivity contribution in [2.24, 2.45) is 23.7 Å². The molecule has 2 amide bonds. The molecular weight excluding hydrogens is 358 g/mol. The van der Waals surface area contributed by atoms with Crippen molar-refractivity contribution in [2.75, 3.05) is 12.9 Å². The van der Waals surface area contributed by atoms with Crippen molar-refractivity contribution in [3.63, 3.8) is 0 Å². The Morgan fingerprint density at radius 2 is 1.81 bits per heavy atom. The predicted octanol–water partition coefficient (Wildman–Crippen LogP) is 3.04. The number of rotatable bonds is 9. The molecule has 7 nitrogen and oxygen atoms in total. The Balaban J connectivity index is 2.87. The van der Waals surface area contributed by atoms with Crippen LogP contribution in [0.2, 0.25) is 0 Å². The smallest absolute Gasteiger partial charge is 0.416 e. The molecule has 0 N–H and O–H groups in total. The van der Waals surface area contributed by atoms with E-state index in [1.165, 1.54) is 4.90 Å². The van der Waals surface area contributed by atoms with Crippen molar-refractivity contribution in [1.29, 1.82) is 0 Å². The molecular formula is C18H33NO6S. The summed E-state index contributed by atoms with van der Waals surface area (Å²) in [6.07, 6.45) is 1.13.